The van der Waals surface area contributed by atoms with E-state index in [2.05, 4.69) is 22.8 Å². The van der Waals surface area contributed by atoms with E-state index in [0.717, 1.165) is 55.6 Å². The number of methoxy groups -OCH3 is 2. The minimum absolute atomic E-state index is 0.0230. The van der Waals surface area contributed by atoms with Crippen molar-refractivity contribution >= 4 is 46.6 Å². The molecule has 0 saturated heterocycles. The maximum atomic E-state index is 12.7. The Morgan fingerprint density at radius 1 is 0.800 bits per heavy atom. The summed E-state index contributed by atoms with van der Waals surface area (Å²) in [5.41, 5.74) is 7.96. The van der Waals surface area contributed by atoms with E-state index in [4.69, 9.17) is 37.4 Å². The van der Waals surface area contributed by atoms with Crippen LogP contribution in [0.25, 0.3) is 27.8 Å². The van der Waals surface area contributed by atoms with Crippen molar-refractivity contribution in [3.05, 3.63) is 122 Å². The van der Waals surface area contributed by atoms with E-state index in [1.165, 1.54) is 7.11 Å². The van der Waals surface area contributed by atoms with Crippen molar-refractivity contribution in [1.82, 2.24) is 10.6 Å². The Morgan fingerprint density at radius 3 is 1.71 bits per heavy atom. The molecule has 0 spiro atoms. The summed E-state index contributed by atoms with van der Waals surface area (Å²) in [7, 11) is 3.02. The van der Waals surface area contributed by atoms with Crippen molar-refractivity contribution in [2.24, 2.45) is 0 Å². The second-order valence-corrected chi connectivity index (χ2v) is 15.1. The molecule has 0 radical (unpaired) electrons. The Hall–Kier alpha value is -4.67. The number of benzene rings is 4. The molecule has 11 heteroatoms. The fourth-order valence-electron chi connectivity index (χ4n) is 6.87. The first-order chi connectivity index (χ1) is 26.0. The Balaban J connectivity index is 0.000000246. The highest BCUT2D eigenvalue weighted by Crippen LogP contribution is 2.37. The van der Waals surface area contributed by atoms with E-state index in [9.17, 15) is 19.5 Å². The molecule has 55 heavy (non-hydrogen) atoms. The Morgan fingerprint density at radius 2 is 1.27 bits per heavy atom. The number of aliphatic hydroxyl groups is 1. The molecular formula is C44H50Cl2N2O7. The number of carbonyl (C=O) groups is 3. The third-order valence-corrected chi connectivity index (χ3v) is 10.1. The molecule has 2 atom stereocenters. The highest BCUT2D eigenvalue weighted by atomic mass is 35.5. The molecule has 3 N–H and O–H groups in total. The first kappa shape index (κ1) is 43.1. The van der Waals surface area contributed by atoms with Crippen LogP contribution in [0, 0.1) is 27.7 Å². The van der Waals surface area contributed by atoms with Gasteiger partial charge in [0.15, 0.2) is 5.54 Å². The molecule has 0 aliphatic carbocycles. The van der Waals surface area contributed by atoms with Gasteiger partial charge in [-0.2, -0.15) is 0 Å². The summed E-state index contributed by atoms with van der Waals surface area (Å²) in [5.74, 6) is -1.04. The number of halogens is 2. The molecule has 2 amide bonds. The van der Waals surface area contributed by atoms with Gasteiger partial charge in [0.05, 0.1) is 31.8 Å². The Kier molecular flexibility index (Phi) is 14.3. The summed E-state index contributed by atoms with van der Waals surface area (Å²) >= 11 is 11.9. The highest BCUT2D eigenvalue weighted by molar-refractivity contribution is 6.31. The summed E-state index contributed by atoms with van der Waals surface area (Å²) in [6.45, 7) is 13.4. The number of aryl methyl sites for hydroxylation is 4. The molecule has 1 aliphatic heterocycles. The molecule has 4 aromatic rings. The normalized spacial score (nSPS) is 16.2. The van der Waals surface area contributed by atoms with E-state index in [0.29, 0.717) is 15.6 Å². The third-order valence-electron chi connectivity index (χ3n) is 9.55. The number of ether oxygens (including phenoxy) is 3. The third kappa shape index (κ3) is 10.2. The molecule has 292 valence electrons. The van der Waals surface area contributed by atoms with E-state index >= 15 is 0 Å². The molecule has 0 aromatic heterocycles. The molecular weight excluding hydrogens is 739 g/mol. The van der Waals surface area contributed by atoms with Gasteiger partial charge in [0.1, 0.15) is 11.3 Å². The average Bonchev–Trinajstić information content (AvgIpc) is 3.33. The van der Waals surface area contributed by atoms with E-state index in [1.807, 2.05) is 88.4 Å². The predicted molar refractivity (Wildman–Crippen MR) is 219 cm³/mol. The zero-order chi connectivity index (χ0) is 40.7. The van der Waals surface area contributed by atoms with Crippen molar-refractivity contribution in [2.75, 3.05) is 34.0 Å². The molecule has 9 nitrogen and oxygen atoms in total. The molecule has 0 fully saturated rings. The van der Waals surface area contributed by atoms with Crippen LogP contribution in [0.4, 0.5) is 0 Å². The minimum atomic E-state index is -1.23. The fourth-order valence-corrected chi connectivity index (χ4v) is 7.12. The number of hydrogen-bond donors (Lipinski definition) is 3. The molecule has 2 unspecified atom stereocenters. The van der Waals surface area contributed by atoms with Crippen LogP contribution in [0.1, 0.15) is 54.2 Å². The Labute approximate surface area is 334 Å². The largest absolute Gasteiger partial charge is 0.509 e. The first-order valence-electron chi connectivity index (χ1n) is 17.9. The second kappa shape index (κ2) is 18.3. The molecule has 0 saturated carbocycles. The maximum Gasteiger partial charge on any atom is 0.333 e. The molecule has 5 rings (SSSR count). The van der Waals surface area contributed by atoms with Gasteiger partial charge in [0.25, 0.3) is 5.91 Å². The highest BCUT2D eigenvalue weighted by Gasteiger charge is 2.43. The Bertz CT molecular complexity index is 2030. The molecule has 1 heterocycles. The van der Waals surface area contributed by atoms with Crippen LogP contribution in [-0.4, -0.2) is 68.0 Å². The minimum Gasteiger partial charge on any atom is -0.509 e. The van der Waals surface area contributed by atoms with Crippen LogP contribution < -0.4 is 10.6 Å². The van der Waals surface area contributed by atoms with Crippen LogP contribution >= 0.6 is 23.2 Å². The number of amides is 2. The van der Waals surface area contributed by atoms with Crippen LogP contribution in [0.15, 0.2) is 78.6 Å². The van der Waals surface area contributed by atoms with Crippen molar-refractivity contribution < 1.29 is 33.7 Å². The topological polar surface area (TPSA) is 123 Å². The van der Waals surface area contributed by atoms with Gasteiger partial charge < -0.3 is 30.0 Å². The lowest BCUT2D eigenvalue weighted by atomic mass is 9.89. The first-order valence-corrected chi connectivity index (χ1v) is 18.7. The van der Waals surface area contributed by atoms with Gasteiger partial charge in [0.2, 0.25) is 5.91 Å². The summed E-state index contributed by atoms with van der Waals surface area (Å²) in [4.78, 5) is 37.6. The number of esters is 1. The summed E-state index contributed by atoms with van der Waals surface area (Å²) in [5, 5.41) is 17.7. The van der Waals surface area contributed by atoms with Gasteiger partial charge in [-0.05, 0) is 128 Å². The van der Waals surface area contributed by atoms with Crippen LogP contribution in [-0.2, 0) is 35.0 Å². The van der Waals surface area contributed by atoms with Crippen molar-refractivity contribution in [3.63, 3.8) is 0 Å². The van der Waals surface area contributed by atoms with Crippen LogP contribution in [0.5, 0.6) is 0 Å². The van der Waals surface area contributed by atoms with Crippen molar-refractivity contribution in [1.29, 1.82) is 0 Å². The average molecular weight is 790 g/mol. The molecule has 0 bridgehead atoms. The van der Waals surface area contributed by atoms with E-state index in [-0.39, 0.29) is 43.8 Å². The zero-order valence-corrected chi connectivity index (χ0v) is 34.4. The predicted octanol–water partition coefficient (Wildman–Crippen LogP) is 8.68. The number of hydrogen-bond acceptors (Lipinski definition) is 7. The summed E-state index contributed by atoms with van der Waals surface area (Å²) in [6, 6.07) is 23.4. The van der Waals surface area contributed by atoms with Gasteiger partial charge >= 0.3 is 5.97 Å². The second-order valence-electron chi connectivity index (χ2n) is 14.2. The van der Waals surface area contributed by atoms with Crippen LogP contribution in [0.3, 0.4) is 0 Å². The monoisotopic (exact) mass is 788 g/mol. The van der Waals surface area contributed by atoms with Gasteiger partial charge in [-0.15, -0.1) is 0 Å². The lowest BCUT2D eigenvalue weighted by Crippen LogP contribution is -2.56. The number of rotatable bonds is 12. The van der Waals surface area contributed by atoms with Crippen LogP contribution in [0.2, 0.25) is 10.0 Å². The number of carbonyl (C=O) groups excluding carboxylic acids is 3. The number of aliphatic hydroxyl groups excluding tert-OH is 1. The SMILES string of the molecule is CCOC(=O)C(C)(COC)NC(=O)Cc1c(C)cc(-c2ccc(Cl)cc2)cc1C.COCC1(C)NC(=O)C(c2c(C)cc(-c3ccc(Cl)cc3)cc2C)=C1O. The molecule has 1 aliphatic rings. The summed E-state index contributed by atoms with van der Waals surface area (Å²) < 4.78 is 15.4. The maximum absolute atomic E-state index is 12.7. The lowest BCUT2D eigenvalue weighted by Gasteiger charge is -2.28. The van der Waals surface area contributed by atoms with Gasteiger partial charge in [-0.25, -0.2) is 4.79 Å². The van der Waals surface area contributed by atoms with Gasteiger partial charge in [0, 0.05) is 24.3 Å². The smallest absolute Gasteiger partial charge is 0.333 e. The number of nitrogens with one attached hydrogen (secondary N) is 2. The lowest BCUT2D eigenvalue weighted by molar-refractivity contribution is -0.155. The fraction of sp³-hybridized carbons (Fsp3) is 0.341. The zero-order valence-electron chi connectivity index (χ0n) is 32.9. The standard InChI is InChI=1S/C23H28ClNO4.C21H22ClNO3/c1-6-29-22(27)23(4,14-28-5)25-21(26)13-20-15(2)11-18(12-16(20)3)17-7-9-19(24)10-8-17;1-12-9-15(14-5-7-16(22)8-6-14)10-13(2)17(12)18-19(24)21(3,11-26-4)23-20(18)25/h7-12H,6,13-14H2,1-5H3,(H,25,26);5-10,24H,11H2,1-4H3,(H,23,25). The van der Waals surface area contributed by atoms with E-state index < -0.39 is 17.0 Å². The van der Waals surface area contributed by atoms with Crippen molar-refractivity contribution in [3.8, 4) is 22.3 Å². The van der Waals surface area contributed by atoms with Crippen molar-refractivity contribution in [2.45, 2.75) is 66.0 Å². The van der Waals surface area contributed by atoms with E-state index in [1.54, 1.807) is 27.9 Å². The summed E-state index contributed by atoms with van der Waals surface area (Å²) in [6.07, 6.45) is 0.164. The molecule has 4 aromatic carbocycles. The van der Waals surface area contributed by atoms with Gasteiger partial charge in [-0.3, -0.25) is 9.59 Å². The quantitative estimate of drug-likeness (QED) is 0.123. The van der Waals surface area contributed by atoms with Gasteiger partial charge in [-0.1, -0.05) is 71.7 Å².